The van der Waals surface area contributed by atoms with E-state index >= 15 is 0 Å². The van der Waals surface area contributed by atoms with E-state index in [1.807, 2.05) is 30.5 Å². The topological polar surface area (TPSA) is 87.3 Å². The summed E-state index contributed by atoms with van der Waals surface area (Å²) in [6.45, 7) is 2.23. The molecule has 0 aliphatic heterocycles. The van der Waals surface area contributed by atoms with Crippen LogP contribution in [0.25, 0.3) is 0 Å². The second-order valence-electron chi connectivity index (χ2n) is 6.81. The zero-order valence-electron chi connectivity index (χ0n) is 16.9. The number of hydrogen-bond acceptors (Lipinski definition) is 4. The summed E-state index contributed by atoms with van der Waals surface area (Å²) < 4.78 is 0. The molecule has 0 radical (unpaired) electrons. The van der Waals surface area contributed by atoms with Crippen molar-refractivity contribution in [2.24, 2.45) is 0 Å². The monoisotopic (exact) mass is 455 g/mol. The fourth-order valence-electron chi connectivity index (χ4n) is 2.85. The van der Waals surface area contributed by atoms with Crippen molar-refractivity contribution in [1.29, 1.82) is 0 Å². The van der Waals surface area contributed by atoms with Crippen molar-refractivity contribution in [2.45, 2.75) is 26.3 Å². The summed E-state index contributed by atoms with van der Waals surface area (Å²) in [4.78, 5) is 37.2. The lowest BCUT2D eigenvalue weighted by Crippen LogP contribution is -2.23. The number of benzene rings is 2. The van der Waals surface area contributed by atoms with Crippen LogP contribution in [0.15, 0.2) is 60.0 Å². The van der Waals surface area contributed by atoms with E-state index in [9.17, 15) is 14.4 Å². The minimum atomic E-state index is -0.302. The van der Waals surface area contributed by atoms with Gasteiger partial charge in [0.25, 0.3) is 11.8 Å². The molecule has 0 unspecified atom stereocenters. The fourth-order valence-corrected chi connectivity index (χ4v) is 3.63. The van der Waals surface area contributed by atoms with Crippen LogP contribution in [0.1, 0.15) is 45.4 Å². The summed E-state index contributed by atoms with van der Waals surface area (Å²) in [5, 5.41) is 10.6. The number of hydrogen-bond donors (Lipinski definition) is 3. The van der Waals surface area contributed by atoms with Crippen LogP contribution in [0.2, 0.25) is 5.02 Å². The molecule has 1 heterocycles. The van der Waals surface area contributed by atoms with Crippen LogP contribution in [0.3, 0.4) is 0 Å². The van der Waals surface area contributed by atoms with Gasteiger partial charge >= 0.3 is 0 Å². The average Bonchev–Trinajstić information content (AvgIpc) is 3.29. The molecule has 2 aromatic carbocycles. The standard InChI is InChI=1S/C23H22ClN3O3S/c1-2-5-21(28)26-17-7-3-6-15(12-17)14-25-22(29)16-9-10-18(24)19(13-16)27-23(30)20-8-4-11-31-20/h3-4,6-13H,2,5,14H2,1H3,(H,25,29)(H,26,28)(H,27,30). The van der Waals surface area contributed by atoms with Gasteiger partial charge in [-0.3, -0.25) is 14.4 Å². The van der Waals surface area contributed by atoms with Crippen LogP contribution in [0.5, 0.6) is 0 Å². The maximum Gasteiger partial charge on any atom is 0.265 e. The molecule has 0 spiro atoms. The molecule has 1 aromatic heterocycles. The van der Waals surface area contributed by atoms with Crippen molar-refractivity contribution >= 4 is 52.0 Å². The number of thiophene rings is 1. The van der Waals surface area contributed by atoms with Crippen molar-refractivity contribution in [3.8, 4) is 0 Å². The molecule has 0 bridgehead atoms. The minimum Gasteiger partial charge on any atom is -0.348 e. The molecule has 31 heavy (non-hydrogen) atoms. The van der Waals surface area contributed by atoms with Gasteiger partial charge in [0.05, 0.1) is 15.6 Å². The number of halogens is 1. The number of carbonyl (C=O) groups is 3. The molecular formula is C23H22ClN3O3S. The Morgan fingerprint density at radius 2 is 1.81 bits per heavy atom. The van der Waals surface area contributed by atoms with E-state index in [-0.39, 0.29) is 24.3 Å². The van der Waals surface area contributed by atoms with Gasteiger partial charge in [-0.05, 0) is 53.8 Å². The minimum absolute atomic E-state index is 0.0398. The van der Waals surface area contributed by atoms with Crippen molar-refractivity contribution < 1.29 is 14.4 Å². The van der Waals surface area contributed by atoms with Crippen molar-refractivity contribution in [3.05, 3.63) is 81.0 Å². The number of nitrogens with one attached hydrogen (secondary N) is 3. The molecule has 6 nitrogen and oxygen atoms in total. The third kappa shape index (κ3) is 6.41. The summed E-state index contributed by atoms with van der Waals surface area (Å²) >= 11 is 7.50. The van der Waals surface area contributed by atoms with E-state index in [1.54, 1.807) is 36.4 Å². The van der Waals surface area contributed by atoms with Crippen LogP contribution in [0.4, 0.5) is 11.4 Å². The highest BCUT2D eigenvalue weighted by Gasteiger charge is 2.13. The summed E-state index contributed by atoms with van der Waals surface area (Å²) in [6.07, 6.45) is 1.24. The highest BCUT2D eigenvalue weighted by molar-refractivity contribution is 7.12. The molecular weight excluding hydrogens is 434 g/mol. The summed E-state index contributed by atoms with van der Waals surface area (Å²) in [5.74, 6) is -0.623. The van der Waals surface area contributed by atoms with Crippen LogP contribution >= 0.6 is 22.9 Å². The second kappa shape index (κ2) is 10.7. The zero-order chi connectivity index (χ0) is 22.2. The predicted octanol–water partition coefficient (Wildman–Crippen LogP) is 5.32. The summed E-state index contributed by atoms with van der Waals surface area (Å²) in [7, 11) is 0. The fraction of sp³-hybridized carbons (Fsp3) is 0.174. The third-order valence-electron chi connectivity index (χ3n) is 4.36. The van der Waals surface area contributed by atoms with Crippen LogP contribution in [-0.2, 0) is 11.3 Å². The Balaban J connectivity index is 1.63. The maximum absolute atomic E-state index is 12.6. The normalized spacial score (nSPS) is 10.4. The van der Waals surface area contributed by atoms with Gasteiger partial charge < -0.3 is 16.0 Å². The molecule has 3 N–H and O–H groups in total. The van der Waals surface area contributed by atoms with E-state index in [0.29, 0.717) is 33.3 Å². The van der Waals surface area contributed by atoms with Crippen molar-refractivity contribution in [3.63, 3.8) is 0 Å². The van der Waals surface area contributed by atoms with Gasteiger partial charge in [-0.2, -0.15) is 0 Å². The van der Waals surface area contributed by atoms with Crippen molar-refractivity contribution in [1.82, 2.24) is 5.32 Å². The lowest BCUT2D eigenvalue weighted by Gasteiger charge is -2.11. The molecule has 3 rings (SSSR count). The van der Waals surface area contributed by atoms with E-state index in [4.69, 9.17) is 11.6 Å². The second-order valence-corrected chi connectivity index (χ2v) is 8.16. The first-order valence-electron chi connectivity index (χ1n) is 9.77. The van der Waals surface area contributed by atoms with Gasteiger partial charge in [-0.15, -0.1) is 11.3 Å². The van der Waals surface area contributed by atoms with Gasteiger partial charge in [0.15, 0.2) is 0 Å². The molecule has 0 fully saturated rings. The number of amides is 3. The van der Waals surface area contributed by atoms with E-state index < -0.39 is 0 Å². The van der Waals surface area contributed by atoms with Gasteiger partial charge in [-0.25, -0.2) is 0 Å². The number of carbonyl (C=O) groups excluding carboxylic acids is 3. The average molecular weight is 456 g/mol. The summed E-state index contributed by atoms with van der Waals surface area (Å²) in [6, 6.07) is 15.5. The van der Waals surface area contributed by atoms with E-state index in [2.05, 4.69) is 16.0 Å². The number of anilines is 2. The first kappa shape index (κ1) is 22.5. The highest BCUT2D eigenvalue weighted by Crippen LogP contribution is 2.24. The summed E-state index contributed by atoms with van der Waals surface area (Å²) in [5.41, 5.74) is 2.28. The van der Waals surface area contributed by atoms with E-state index in [1.165, 1.54) is 11.3 Å². The molecule has 0 aliphatic carbocycles. The molecule has 0 saturated heterocycles. The SMILES string of the molecule is CCCC(=O)Nc1cccc(CNC(=O)c2ccc(Cl)c(NC(=O)c3cccs3)c2)c1. The largest absolute Gasteiger partial charge is 0.348 e. The van der Waals surface area contributed by atoms with Crippen LogP contribution in [-0.4, -0.2) is 17.7 Å². The molecule has 0 saturated carbocycles. The molecule has 0 aliphatic rings. The first-order chi connectivity index (χ1) is 15.0. The molecule has 160 valence electrons. The molecule has 0 atom stereocenters. The smallest absolute Gasteiger partial charge is 0.265 e. The Bertz CT molecular complexity index is 1080. The van der Waals surface area contributed by atoms with Crippen molar-refractivity contribution in [2.75, 3.05) is 10.6 Å². The first-order valence-corrected chi connectivity index (χ1v) is 11.0. The van der Waals surface area contributed by atoms with Gasteiger partial charge in [0.2, 0.25) is 5.91 Å². The Morgan fingerprint density at radius 1 is 0.968 bits per heavy atom. The third-order valence-corrected chi connectivity index (χ3v) is 5.56. The Morgan fingerprint density at radius 3 is 2.55 bits per heavy atom. The predicted molar refractivity (Wildman–Crippen MR) is 125 cm³/mol. The quantitative estimate of drug-likeness (QED) is 0.429. The van der Waals surface area contributed by atoms with Crippen LogP contribution < -0.4 is 16.0 Å². The van der Waals surface area contributed by atoms with Crippen LogP contribution in [0, 0.1) is 0 Å². The molecule has 3 amide bonds. The maximum atomic E-state index is 12.6. The van der Waals surface area contributed by atoms with Gasteiger partial charge in [-0.1, -0.05) is 36.7 Å². The Labute approximate surface area is 189 Å². The zero-order valence-corrected chi connectivity index (χ0v) is 18.5. The molecule has 3 aromatic rings. The lowest BCUT2D eigenvalue weighted by atomic mass is 10.1. The highest BCUT2D eigenvalue weighted by atomic mass is 35.5. The Hall–Kier alpha value is -3.16. The van der Waals surface area contributed by atoms with Gasteiger partial charge in [0.1, 0.15) is 0 Å². The van der Waals surface area contributed by atoms with Gasteiger partial charge in [0, 0.05) is 24.2 Å². The molecule has 8 heteroatoms. The number of rotatable bonds is 8. The lowest BCUT2D eigenvalue weighted by molar-refractivity contribution is -0.116. The van der Waals surface area contributed by atoms with E-state index in [0.717, 1.165) is 12.0 Å². The Kier molecular flexibility index (Phi) is 7.81.